The first-order chi connectivity index (χ1) is 15.1. The van der Waals surface area contributed by atoms with Crippen LogP contribution in [0.4, 0.5) is 0 Å². The van der Waals surface area contributed by atoms with E-state index in [-0.39, 0.29) is 12.0 Å². The van der Waals surface area contributed by atoms with E-state index in [9.17, 15) is 4.79 Å². The number of benzene rings is 1. The van der Waals surface area contributed by atoms with Crippen molar-refractivity contribution in [2.24, 2.45) is 0 Å². The van der Waals surface area contributed by atoms with Crippen LogP contribution in [0.1, 0.15) is 27.2 Å². The Hall–Kier alpha value is -3.10. The topological polar surface area (TPSA) is 82.4 Å². The fourth-order valence-corrected chi connectivity index (χ4v) is 4.21. The molecule has 2 aliphatic rings. The second kappa shape index (κ2) is 8.20. The van der Waals surface area contributed by atoms with Gasteiger partial charge < -0.3 is 14.4 Å². The third kappa shape index (κ3) is 3.73. The van der Waals surface area contributed by atoms with Crippen molar-refractivity contribution < 1.29 is 14.3 Å². The van der Waals surface area contributed by atoms with Crippen LogP contribution >= 0.6 is 0 Å². The molecule has 0 N–H and O–H groups in total. The molecule has 1 saturated heterocycles. The van der Waals surface area contributed by atoms with Crippen molar-refractivity contribution in [3.63, 3.8) is 0 Å². The van der Waals surface area contributed by atoms with Gasteiger partial charge in [-0.3, -0.25) is 4.79 Å². The van der Waals surface area contributed by atoms with E-state index >= 15 is 0 Å². The first-order valence-corrected chi connectivity index (χ1v) is 10.6. The SMILES string of the molecule is Cc1c(C(=O)N(C)C[C@@H]2COCCO2)cnn1-c1ncc2c(n1)-c1ccccc1CC2. The molecule has 160 valence electrons. The summed E-state index contributed by atoms with van der Waals surface area (Å²) < 4.78 is 12.7. The predicted octanol–water partition coefficient (Wildman–Crippen LogP) is 2.22. The second-order valence-electron chi connectivity index (χ2n) is 8.01. The predicted molar refractivity (Wildman–Crippen MR) is 114 cm³/mol. The summed E-state index contributed by atoms with van der Waals surface area (Å²) in [5.74, 6) is 0.361. The highest BCUT2D eigenvalue weighted by Crippen LogP contribution is 2.31. The van der Waals surface area contributed by atoms with Crippen molar-refractivity contribution in [1.82, 2.24) is 24.6 Å². The van der Waals surface area contributed by atoms with E-state index in [1.54, 1.807) is 22.8 Å². The molecule has 31 heavy (non-hydrogen) atoms. The van der Waals surface area contributed by atoms with E-state index in [1.165, 1.54) is 5.56 Å². The van der Waals surface area contributed by atoms with Gasteiger partial charge in [-0.1, -0.05) is 24.3 Å². The number of likely N-dealkylation sites (N-methyl/N-ethyl adjacent to an activating group) is 1. The zero-order valence-electron chi connectivity index (χ0n) is 17.7. The number of aromatic nitrogens is 4. The summed E-state index contributed by atoms with van der Waals surface area (Å²) in [4.78, 5) is 24.0. The Morgan fingerprint density at radius 3 is 2.87 bits per heavy atom. The van der Waals surface area contributed by atoms with Gasteiger partial charge in [-0.15, -0.1) is 0 Å². The lowest BCUT2D eigenvalue weighted by Crippen LogP contribution is -2.40. The fraction of sp³-hybridized carbons (Fsp3) is 0.391. The normalized spacial score (nSPS) is 17.7. The minimum atomic E-state index is -0.110. The first-order valence-electron chi connectivity index (χ1n) is 10.6. The molecule has 1 aliphatic heterocycles. The maximum Gasteiger partial charge on any atom is 0.257 e. The van der Waals surface area contributed by atoms with Crippen molar-refractivity contribution in [2.45, 2.75) is 25.9 Å². The molecule has 3 heterocycles. The number of carbonyl (C=O) groups excluding carboxylic acids is 1. The number of rotatable bonds is 4. The number of fused-ring (bicyclic) bond motifs is 3. The number of ether oxygens (including phenoxy) is 2. The monoisotopic (exact) mass is 419 g/mol. The van der Waals surface area contributed by atoms with Crippen LogP contribution in [0.25, 0.3) is 17.2 Å². The highest BCUT2D eigenvalue weighted by molar-refractivity contribution is 5.95. The van der Waals surface area contributed by atoms with Crippen molar-refractivity contribution in [3.05, 3.63) is 59.0 Å². The van der Waals surface area contributed by atoms with E-state index < -0.39 is 0 Å². The molecule has 8 heteroatoms. The van der Waals surface area contributed by atoms with Crippen LogP contribution < -0.4 is 0 Å². The lowest BCUT2D eigenvalue weighted by atomic mass is 9.90. The van der Waals surface area contributed by atoms with Crippen LogP contribution in [0, 0.1) is 6.92 Å². The van der Waals surface area contributed by atoms with Gasteiger partial charge in [-0.2, -0.15) is 5.10 Å². The number of amides is 1. The summed E-state index contributed by atoms with van der Waals surface area (Å²) in [6.07, 6.45) is 5.27. The van der Waals surface area contributed by atoms with Gasteiger partial charge >= 0.3 is 0 Å². The molecule has 1 aromatic carbocycles. The van der Waals surface area contributed by atoms with E-state index in [2.05, 4.69) is 28.3 Å². The molecular formula is C23H25N5O3. The average Bonchev–Trinajstić information content (AvgIpc) is 3.20. The molecule has 1 aliphatic carbocycles. The minimum Gasteiger partial charge on any atom is -0.376 e. The van der Waals surface area contributed by atoms with Gasteiger partial charge in [0.2, 0.25) is 0 Å². The third-order valence-electron chi connectivity index (χ3n) is 5.93. The number of hydrogen-bond acceptors (Lipinski definition) is 6. The van der Waals surface area contributed by atoms with Crippen molar-refractivity contribution >= 4 is 5.91 Å². The fourth-order valence-electron chi connectivity index (χ4n) is 4.21. The molecular weight excluding hydrogens is 394 g/mol. The number of hydrogen-bond donors (Lipinski definition) is 0. The molecule has 0 bridgehead atoms. The Morgan fingerprint density at radius 1 is 1.19 bits per heavy atom. The Balaban J connectivity index is 1.41. The number of nitrogens with zero attached hydrogens (tertiary/aromatic N) is 5. The molecule has 2 aromatic heterocycles. The summed E-state index contributed by atoms with van der Waals surface area (Å²) in [6.45, 7) is 3.99. The van der Waals surface area contributed by atoms with E-state index in [0.717, 1.165) is 29.7 Å². The molecule has 0 unspecified atom stereocenters. The van der Waals surface area contributed by atoms with Gasteiger partial charge in [0, 0.05) is 25.4 Å². The first kappa shape index (κ1) is 19.8. The summed E-state index contributed by atoms with van der Waals surface area (Å²) in [7, 11) is 1.77. The molecule has 1 atom stereocenters. The Kier molecular flexibility index (Phi) is 5.25. The molecule has 5 rings (SSSR count). The van der Waals surface area contributed by atoms with Crippen molar-refractivity contribution in [2.75, 3.05) is 33.4 Å². The van der Waals surface area contributed by atoms with E-state index in [4.69, 9.17) is 14.5 Å². The highest BCUT2D eigenvalue weighted by atomic mass is 16.6. The highest BCUT2D eigenvalue weighted by Gasteiger charge is 2.24. The molecule has 1 fully saturated rings. The third-order valence-corrected chi connectivity index (χ3v) is 5.93. The number of carbonyl (C=O) groups is 1. The maximum absolute atomic E-state index is 13.0. The van der Waals surface area contributed by atoms with Crippen molar-refractivity contribution in [3.8, 4) is 17.2 Å². The van der Waals surface area contributed by atoms with E-state index in [0.29, 0.717) is 43.6 Å². The minimum absolute atomic E-state index is 0.109. The second-order valence-corrected chi connectivity index (χ2v) is 8.01. The van der Waals surface area contributed by atoms with Crippen LogP contribution in [-0.2, 0) is 22.3 Å². The van der Waals surface area contributed by atoms with Crippen molar-refractivity contribution in [1.29, 1.82) is 0 Å². The standard InChI is InChI=1S/C23H25N5O3/c1-15-20(22(29)27(2)13-18-14-30-9-10-31-18)12-25-28(15)23-24-11-17-8-7-16-5-3-4-6-19(16)21(17)26-23/h3-6,11-12,18H,7-10,13-14H2,1-2H3/t18-/m1/s1. The van der Waals surface area contributed by atoms with Gasteiger partial charge in [0.15, 0.2) is 0 Å². The smallest absolute Gasteiger partial charge is 0.257 e. The van der Waals surface area contributed by atoms with Gasteiger partial charge in [0.1, 0.15) is 0 Å². The molecule has 0 saturated carbocycles. The van der Waals surface area contributed by atoms with Gasteiger partial charge in [-0.05, 0) is 30.9 Å². The van der Waals surface area contributed by atoms with Crippen LogP contribution in [-0.4, -0.2) is 70.1 Å². The van der Waals surface area contributed by atoms with E-state index in [1.807, 2.05) is 19.2 Å². The zero-order valence-corrected chi connectivity index (χ0v) is 17.7. The van der Waals surface area contributed by atoms with Gasteiger partial charge in [0.05, 0.1) is 49.1 Å². The lowest BCUT2D eigenvalue weighted by Gasteiger charge is -2.27. The molecule has 8 nitrogen and oxygen atoms in total. The molecule has 0 radical (unpaired) electrons. The molecule has 0 spiro atoms. The largest absolute Gasteiger partial charge is 0.376 e. The summed E-state index contributed by atoms with van der Waals surface area (Å²) in [5, 5.41) is 4.43. The zero-order chi connectivity index (χ0) is 21.4. The van der Waals surface area contributed by atoms with Crippen LogP contribution in [0.15, 0.2) is 36.7 Å². The Morgan fingerprint density at radius 2 is 2.03 bits per heavy atom. The van der Waals surface area contributed by atoms with Crippen LogP contribution in [0.3, 0.4) is 0 Å². The average molecular weight is 419 g/mol. The lowest BCUT2D eigenvalue weighted by molar-refractivity contribution is -0.0933. The maximum atomic E-state index is 13.0. The van der Waals surface area contributed by atoms with Crippen LogP contribution in [0.5, 0.6) is 0 Å². The summed E-state index contributed by atoms with van der Waals surface area (Å²) in [5.41, 5.74) is 5.76. The van der Waals surface area contributed by atoms with Gasteiger partial charge in [-0.25, -0.2) is 14.6 Å². The number of aryl methyl sites for hydroxylation is 2. The summed E-state index contributed by atoms with van der Waals surface area (Å²) in [6, 6.07) is 8.33. The Labute approximate surface area is 180 Å². The Bertz CT molecular complexity index is 1120. The quantitative estimate of drug-likeness (QED) is 0.645. The van der Waals surface area contributed by atoms with Crippen LogP contribution in [0.2, 0.25) is 0 Å². The molecule has 3 aromatic rings. The van der Waals surface area contributed by atoms with Gasteiger partial charge in [0.25, 0.3) is 11.9 Å². The summed E-state index contributed by atoms with van der Waals surface area (Å²) >= 11 is 0. The molecule has 1 amide bonds.